The van der Waals surface area contributed by atoms with Crippen LogP contribution in [0.25, 0.3) is 6.08 Å². The summed E-state index contributed by atoms with van der Waals surface area (Å²) in [7, 11) is 0. The van der Waals surface area contributed by atoms with Crippen LogP contribution in [0.2, 0.25) is 5.02 Å². The molecular formula is C29H35ClN2O5. The fourth-order valence-electron chi connectivity index (χ4n) is 4.92. The standard InChI is InChI=1S/C29H35ClN2O5/c1-3-35-25-13-12-20(17-26(25)36-4-2)14-15-31-28(33)19-32-23-10-5-6-11-24(23)37-27(29(32)34)18-21-8-7-9-22(30)16-21/h7-9,12-13,16-18,23-24H,3-6,10-11,14-15,19H2,1-2H3,(H,31,33)/b27-18+. The lowest BCUT2D eigenvalue weighted by Gasteiger charge is -2.44. The van der Waals surface area contributed by atoms with Gasteiger partial charge in [-0.15, -0.1) is 0 Å². The first-order chi connectivity index (χ1) is 18.0. The number of carbonyl (C=O) groups is 2. The van der Waals surface area contributed by atoms with Crippen molar-refractivity contribution < 1.29 is 23.8 Å². The van der Waals surface area contributed by atoms with Gasteiger partial charge in [-0.3, -0.25) is 9.59 Å². The van der Waals surface area contributed by atoms with Crippen molar-refractivity contribution in [2.45, 2.75) is 58.1 Å². The van der Waals surface area contributed by atoms with Crippen molar-refractivity contribution in [1.29, 1.82) is 0 Å². The Balaban J connectivity index is 1.39. The van der Waals surface area contributed by atoms with Gasteiger partial charge in [0.15, 0.2) is 17.3 Å². The van der Waals surface area contributed by atoms with Crippen LogP contribution in [0, 0.1) is 0 Å². The van der Waals surface area contributed by atoms with E-state index < -0.39 is 0 Å². The summed E-state index contributed by atoms with van der Waals surface area (Å²) >= 11 is 6.11. The minimum atomic E-state index is -0.258. The summed E-state index contributed by atoms with van der Waals surface area (Å²) < 4.78 is 17.5. The summed E-state index contributed by atoms with van der Waals surface area (Å²) in [6.07, 6.45) is 6.01. The largest absolute Gasteiger partial charge is 0.490 e. The number of fused-ring (bicyclic) bond motifs is 1. The zero-order valence-electron chi connectivity index (χ0n) is 21.5. The number of nitrogens with one attached hydrogen (secondary N) is 1. The summed E-state index contributed by atoms with van der Waals surface area (Å²) in [5, 5.41) is 3.56. The van der Waals surface area contributed by atoms with Gasteiger partial charge in [0.2, 0.25) is 5.91 Å². The van der Waals surface area contributed by atoms with Gasteiger partial charge >= 0.3 is 0 Å². The van der Waals surface area contributed by atoms with Crippen LogP contribution in [-0.2, 0) is 20.7 Å². The first kappa shape index (κ1) is 26.9. The quantitative estimate of drug-likeness (QED) is 0.440. The summed E-state index contributed by atoms with van der Waals surface area (Å²) in [5.74, 6) is 1.24. The van der Waals surface area contributed by atoms with Gasteiger partial charge in [0.05, 0.1) is 19.3 Å². The number of hydrogen-bond acceptors (Lipinski definition) is 5. The zero-order chi connectivity index (χ0) is 26.2. The molecule has 37 heavy (non-hydrogen) atoms. The topological polar surface area (TPSA) is 77.1 Å². The molecule has 1 saturated carbocycles. The van der Waals surface area contributed by atoms with E-state index in [2.05, 4.69) is 5.32 Å². The lowest BCUT2D eigenvalue weighted by molar-refractivity contribution is -0.151. The number of halogens is 1. The van der Waals surface area contributed by atoms with Crippen LogP contribution in [0.5, 0.6) is 11.5 Å². The van der Waals surface area contributed by atoms with E-state index in [1.807, 2.05) is 44.2 Å². The molecule has 2 aromatic rings. The second-order valence-electron chi connectivity index (χ2n) is 9.25. The Morgan fingerprint density at radius 1 is 1.11 bits per heavy atom. The fourth-order valence-corrected chi connectivity index (χ4v) is 5.12. The molecule has 1 heterocycles. The van der Waals surface area contributed by atoms with Gasteiger partial charge in [-0.1, -0.05) is 36.2 Å². The van der Waals surface area contributed by atoms with Gasteiger partial charge in [0.25, 0.3) is 5.91 Å². The van der Waals surface area contributed by atoms with E-state index in [4.69, 9.17) is 25.8 Å². The Kier molecular flexibility index (Phi) is 9.34. The molecule has 2 atom stereocenters. The number of carbonyl (C=O) groups excluding carboxylic acids is 2. The minimum absolute atomic E-state index is 0.00369. The van der Waals surface area contributed by atoms with Crippen molar-refractivity contribution in [1.82, 2.24) is 10.2 Å². The van der Waals surface area contributed by atoms with E-state index in [1.54, 1.807) is 23.1 Å². The Labute approximate surface area is 223 Å². The highest BCUT2D eigenvalue weighted by Gasteiger charge is 2.42. The number of ether oxygens (including phenoxy) is 3. The molecule has 7 nitrogen and oxygen atoms in total. The van der Waals surface area contributed by atoms with Crippen LogP contribution in [0.1, 0.15) is 50.7 Å². The molecule has 2 aliphatic rings. The number of hydrogen-bond donors (Lipinski definition) is 1. The summed E-state index contributed by atoms with van der Waals surface area (Å²) in [6.45, 7) is 5.43. The molecule has 0 radical (unpaired) electrons. The van der Waals surface area contributed by atoms with Crippen LogP contribution in [0.3, 0.4) is 0 Å². The van der Waals surface area contributed by atoms with E-state index in [1.165, 1.54) is 0 Å². The molecule has 198 valence electrons. The third-order valence-corrected chi connectivity index (χ3v) is 6.86. The summed E-state index contributed by atoms with van der Waals surface area (Å²) in [4.78, 5) is 28.0. The SMILES string of the molecule is CCOc1ccc(CCNC(=O)CN2C(=O)/C(=C\c3cccc(Cl)c3)OC3CCCCC32)cc1OCC. The zero-order valence-corrected chi connectivity index (χ0v) is 22.3. The van der Waals surface area contributed by atoms with E-state index in [-0.39, 0.29) is 36.3 Å². The molecule has 2 amide bonds. The van der Waals surface area contributed by atoms with E-state index in [0.29, 0.717) is 42.7 Å². The number of rotatable bonds is 10. The molecule has 1 saturated heterocycles. The average molecular weight is 527 g/mol. The predicted octanol–water partition coefficient (Wildman–Crippen LogP) is 5.01. The highest BCUT2D eigenvalue weighted by molar-refractivity contribution is 6.30. The molecule has 1 N–H and O–H groups in total. The number of morpholine rings is 1. The molecule has 4 rings (SSSR count). The Morgan fingerprint density at radius 2 is 1.89 bits per heavy atom. The normalized spacial score (nSPS) is 20.2. The Morgan fingerprint density at radius 3 is 2.68 bits per heavy atom. The first-order valence-electron chi connectivity index (χ1n) is 13.1. The fraction of sp³-hybridized carbons (Fsp3) is 0.448. The van der Waals surface area contributed by atoms with E-state index in [0.717, 1.165) is 36.8 Å². The van der Waals surface area contributed by atoms with Gasteiger partial charge in [-0.25, -0.2) is 0 Å². The number of amides is 2. The van der Waals surface area contributed by atoms with Gasteiger partial charge in [0.1, 0.15) is 12.6 Å². The molecular weight excluding hydrogens is 492 g/mol. The van der Waals surface area contributed by atoms with Gasteiger partial charge in [-0.2, -0.15) is 0 Å². The molecule has 1 aliphatic heterocycles. The number of benzene rings is 2. The highest BCUT2D eigenvalue weighted by atomic mass is 35.5. The maximum Gasteiger partial charge on any atom is 0.289 e. The Bertz CT molecular complexity index is 1140. The van der Waals surface area contributed by atoms with Crippen LogP contribution in [0.4, 0.5) is 0 Å². The van der Waals surface area contributed by atoms with Crippen LogP contribution in [0.15, 0.2) is 48.2 Å². The van der Waals surface area contributed by atoms with Gasteiger partial charge < -0.3 is 24.4 Å². The molecule has 0 aromatic heterocycles. The maximum absolute atomic E-state index is 13.4. The molecule has 2 unspecified atom stereocenters. The summed E-state index contributed by atoms with van der Waals surface area (Å²) in [5.41, 5.74) is 1.82. The predicted molar refractivity (Wildman–Crippen MR) is 144 cm³/mol. The lowest BCUT2D eigenvalue weighted by atomic mass is 9.89. The van der Waals surface area contributed by atoms with Gasteiger partial charge in [-0.05, 0) is 81.0 Å². The number of nitrogens with zero attached hydrogens (tertiary/aromatic N) is 1. The maximum atomic E-state index is 13.4. The third-order valence-electron chi connectivity index (χ3n) is 6.62. The second kappa shape index (κ2) is 12.9. The van der Waals surface area contributed by atoms with E-state index in [9.17, 15) is 9.59 Å². The van der Waals surface area contributed by atoms with Crippen molar-refractivity contribution in [3.8, 4) is 11.5 Å². The second-order valence-corrected chi connectivity index (χ2v) is 9.69. The third kappa shape index (κ3) is 6.98. The molecule has 1 aliphatic carbocycles. The smallest absolute Gasteiger partial charge is 0.289 e. The van der Waals surface area contributed by atoms with Crippen molar-refractivity contribution >= 4 is 29.5 Å². The molecule has 8 heteroatoms. The molecule has 2 aromatic carbocycles. The average Bonchev–Trinajstić information content (AvgIpc) is 2.88. The van der Waals surface area contributed by atoms with Crippen molar-refractivity contribution in [3.63, 3.8) is 0 Å². The molecule has 2 fully saturated rings. The van der Waals surface area contributed by atoms with Crippen LogP contribution >= 0.6 is 11.6 Å². The molecule has 0 bridgehead atoms. The monoisotopic (exact) mass is 526 g/mol. The van der Waals surface area contributed by atoms with Crippen LogP contribution in [-0.4, -0.2) is 55.2 Å². The van der Waals surface area contributed by atoms with Crippen LogP contribution < -0.4 is 14.8 Å². The highest BCUT2D eigenvalue weighted by Crippen LogP contribution is 2.33. The van der Waals surface area contributed by atoms with E-state index >= 15 is 0 Å². The molecule has 0 spiro atoms. The first-order valence-corrected chi connectivity index (χ1v) is 13.5. The Hall–Kier alpha value is -3.19. The van der Waals surface area contributed by atoms with Crippen molar-refractivity contribution in [3.05, 3.63) is 64.4 Å². The lowest BCUT2D eigenvalue weighted by Crippen LogP contribution is -2.57. The summed E-state index contributed by atoms with van der Waals surface area (Å²) in [6, 6.07) is 13.0. The van der Waals surface area contributed by atoms with Crippen molar-refractivity contribution in [2.75, 3.05) is 26.3 Å². The van der Waals surface area contributed by atoms with Crippen molar-refractivity contribution in [2.24, 2.45) is 0 Å². The minimum Gasteiger partial charge on any atom is -0.490 e. The van der Waals surface area contributed by atoms with Gasteiger partial charge in [0, 0.05) is 11.6 Å².